The minimum absolute atomic E-state index is 0.266. The Bertz CT molecular complexity index is 1250. The second kappa shape index (κ2) is 8.31. The van der Waals surface area contributed by atoms with E-state index in [0.717, 1.165) is 53.9 Å². The average Bonchev–Trinajstić information content (AvgIpc) is 3.62. The molecule has 1 aliphatic heterocycles. The molecule has 1 unspecified atom stereocenters. The van der Waals surface area contributed by atoms with E-state index in [2.05, 4.69) is 9.88 Å². The summed E-state index contributed by atoms with van der Waals surface area (Å²) < 4.78 is 18.4. The Kier molecular flexibility index (Phi) is 5.32. The monoisotopic (exact) mass is 450 g/mol. The maximum absolute atomic E-state index is 12.3. The fourth-order valence-corrected chi connectivity index (χ4v) is 4.41. The number of rotatable bonds is 7. The summed E-state index contributed by atoms with van der Waals surface area (Å²) >= 11 is 0. The number of anilines is 1. The minimum Gasteiger partial charge on any atom is -0.496 e. The molecule has 2 aromatic carbocycles. The lowest BCUT2D eigenvalue weighted by molar-refractivity contribution is -0.119. The first-order valence-corrected chi connectivity index (χ1v) is 11.0. The zero-order valence-corrected chi connectivity index (χ0v) is 18.6. The summed E-state index contributed by atoms with van der Waals surface area (Å²) in [5.41, 5.74) is 9.08. The van der Waals surface area contributed by atoms with Crippen LogP contribution >= 0.6 is 0 Å². The average molecular weight is 450 g/mol. The standard InChI is InChI=1S/C24H26N4O5/c1-31-18-7-6-14(10-16(18)24(30)32-2)23-27-17-11-15(26-20(22(25)29)13-4-5-13)12-19-21(17)28(23)8-3-9-33-19/h6-7,10-13,20,26H,3-5,8-9H2,1-2H3,(H2,25,29). The topological polar surface area (TPSA) is 118 Å². The number of carbonyl (C=O) groups is 2. The van der Waals surface area contributed by atoms with Crippen LogP contribution in [0.1, 0.15) is 29.6 Å². The van der Waals surface area contributed by atoms with E-state index in [4.69, 9.17) is 24.9 Å². The predicted octanol–water partition coefficient (Wildman–Crippen LogP) is 2.96. The number of carbonyl (C=O) groups excluding carboxylic acids is 2. The number of nitrogens with zero attached hydrogens (tertiary/aromatic N) is 2. The fraction of sp³-hybridized carbons (Fsp3) is 0.375. The highest BCUT2D eigenvalue weighted by molar-refractivity contribution is 5.95. The first-order valence-electron chi connectivity index (χ1n) is 11.0. The van der Waals surface area contributed by atoms with Gasteiger partial charge in [0, 0.05) is 23.9 Å². The molecule has 2 heterocycles. The number of ether oxygens (including phenoxy) is 3. The van der Waals surface area contributed by atoms with Crippen LogP contribution in [0.2, 0.25) is 0 Å². The van der Waals surface area contributed by atoms with Crippen molar-refractivity contribution in [1.82, 2.24) is 9.55 Å². The third-order valence-electron chi connectivity index (χ3n) is 6.18. The molecule has 1 aliphatic carbocycles. The molecule has 0 spiro atoms. The molecule has 9 nitrogen and oxygen atoms in total. The Morgan fingerprint density at radius 1 is 1.24 bits per heavy atom. The third kappa shape index (κ3) is 3.83. The van der Waals surface area contributed by atoms with Crippen LogP contribution in [0.15, 0.2) is 30.3 Å². The number of benzene rings is 2. The van der Waals surface area contributed by atoms with E-state index in [1.807, 2.05) is 18.2 Å². The van der Waals surface area contributed by atoms with Crippen LogP contribution in [0.4, 0.5) is 5.69 Å². The van der Waals surface area contributed by atoms with E-state index >= 15 is 0 Å². The number of primary amides is 1. The number of aryl methyl sites for hydroxylation is 1. The summed E-state index contributed by atoms with van der Waals surface area (Å²) in [5.74, 6) is 1.29. The number of methoxy groups -OCH3 is 2. The first-order chi connectivity index (χ1) is 16.0. The van der Waals surface area contributed by atoms with Crippen LogP contribution in [0.5, 0.6) is 11.5 Å². The molecule has 2 aliphatic rings. The number of nitrogens with one attached hydrogen (secondary N) is 1. The van der Waals surface area contributed by atoms with Gasteiger partial charge in [0.2, 0.25) is 5.91 Å². The molecule has 0 saturated heterocycles. The second-order valence-electron chi connectivity index (χ2n) is 8.40. The van der Waals surface area contributed by atoms with Gasteiger partial charge in [0.25, 0.3) is 0 Å². The number of hydrogen-bond donors (Lipinski definition) is 2. The summed E-state index contributed by atoms with van der Waals surface area (Å²) in [6.45, 7) is 1.29. The fourth-order valence-electron chi connectivity index (χ4n) is 4.41. The van der Waals surface area contributed by atoms with Crippen LogP contribution in [-0.2, 0) is 16.1 Å². The highest BCUT2D eigenvalue weighted by Gasteiger charge is 2.35. The van der Waals surface area contributed by atoms with Crippen molar-refractivity contribution in [1.29, 1.82) is 0 Å². The Balaban J connectivity index is 1.61. The van der Waals surface area contributed by atoms with Crippen molar-refractivity contribution < 1.29 is 23.8 Å². The normalized spacial score (nSPS) is 15.9. The molecule has 0 bridgehead atoms. The van der Waals surface area contributed by atoms with Crippen LogP contribution in [0.25, 0.3) is 22.4 Å². The summed E-state index contributed by atoms with van der Waals surface area (Å²) in [4.78, 5) is 29.1. The maximum atomic E-state index is 12.3. The number of nitrogens with two attached hydrogens (primary N) is 1. The lowest BCUT2D eigenvalue weighted by atomic mass is 10.1. The number of aromatic nitrogens is 2. The third-order valence-corrected chi connectivity index (χ3v) is 6.18. The van der Waals surface area contributed by atoms with Gasteiger partial charge in [-0.25, -0.2) is 9.78 Å². The van der Waals surface area contributed by atoms with Gasteiger partial charge in [-0.15, -0.1) is 0 Å². The Morgan fingerprint density at radius 2 is 2.06 bits per heavy atom. The largest absolute Gasteiger partial charge is 0.496 e. The molecule has 5 rings (SSSR count). The van der Waals surface area contributed by atoms with Crippen molar-refractivity contribution >= 4 is 28.6 Å². The first kappa shape index (κ1) is 21.1. The summed E-state index contributed by atoms with van der Waals surface area (Å²) in [7, 11) is 2.85. The zero-order chi connectivity index (χ0) is 23.1. The van der Waals surface area contributed by atoms with Gasteiger partial charge in [-0.1, -0.05) is 0 Å². The van der Waals surface area contributed by atoms with Gasteiger partial charge in [0.15, 0.2) is 0 Å². The van der Waals surface area contributed by atoms with Gasteiger partial charge in [0.05, 0.1) is 26.3 Å². The van der Waals surface area contributed by atoms with Gasteiger partial charge in [-0.05, 0) is 49.4 Å². The van der Waals surface area contributed by atoms with Gasteiger partial charge < -0.3 is 29.8 Å². The number of amides is 1. The van der Waals surface area contributed by atoms with Crippen molar-refractivity contribution in [3.63, 3.8) is 0 Å². The van der Waals surface area contributed by atoms with Crippen molar-refractivity contribution in [2.24, 2.45) is 11.7 Å². The maximum Gasteiger partial charge on any atom is 0.341 e. The molecule has 172 valence electrons. The van der Waals surface area contributed by atoms with Gasteiger partial charge in [-0.3, -0.25) is 4.79 Å². The molecule has 1 aromatic heterocycles. The van der Waals surface area contributed by atoms with Crippen LogP contribution in [0.3, 0.4) is 0 Å². The van der Waals surface area contributed by atoms with Crippen LogP contribution in [0, 0.1) is 5.92 Å². The van der Waals surface area contributed by atoms with E-state index < -0.39 is 12.0 Å². The van der Waals surface area contributed by atoms with Crippen molar-refractivity contribution in [3.8, 4) is 22.9 Å². The summed E-state index contributed by atoms with van der Waals surface area (Å²) in [6.07, 6.45) is 2.79. The minimum atomic E-state index is -0.478. The van der Waals surface area contributed by atoms with Crippen LogP contribution in [-0.4, -0.2) is 48.3 Å². The summed E-state index contributed by atoms with van der Waals surface area (Å²) in [5, 5.41) is 3.29. The molecule has 9 heteroatoms. The van der Waals surface area contributed by atoms with Crippen molar-refractivity contribution in [2.75, 3.05) is 26.1 Å². The SMILES string of the molecule is COC(=O)c1cc(-c2nc3cc(NC(C(N)=O)C4CC4)cc4c3n2CCCO4)ccc1OC. The van der Waals surface area contributed by atoms with E-state index in [1.54, 1.807) is 12.1 Å². The van der Waals surface area contributed by atoms with Gasteiger partial charge in [0.1, 0.15) is 34.4 Å². The van der Waals surface area contributed by atoms with Crippen molar-refractivity contribution in [2.45, 2.75) is 31.8 Å². The molecular formula is C24H26N4O5. The van der Waals surface area contributed by atoms with Crippen LogP contribution < -0.4 is 20.5 Å². The number of esters is 1. The molecule has 1 amide bonds. The Labute approximate surface area is 190 Å². The van der Waals surface area contributed by atoms with E-state index in [9.17, 15) is 9.59 Å². The Morgan fingerprint density at radius 3 is 2.76 bits per heavy atom. The van der Waals surface area contributed by atoms with Crippen molar-refractivity contribution in [3.05, 3.63) is 35.9 Å². The summed E-state index contributed by atoms with van der Waals surface area (Å²) in [6, 6.07) is 8.75. The highest BCUT2D eigenvalue weighted by Crippen LogP contribution is 2.39. The second-order valence-corrected chi connectivity index (χ2v) is 8.40. The number of hydrogen-bond acceptors (Lipinski definition) is 7. The molecule has 1 atom stereocenters. The zero-order valence-electron chi connectivity index (χ0n) is 18.6. The lowest BCUT2D eigenvalue weighted by Crippen LogP contribution is -2.37. The molecule has 3 N–H and O–H groups in total. The van der Waals surface area contributed by atoms with Gasteiger partial charge in [-0.2, -0.15) is 0 Å². The molecular weight excluding hydrogens is 424 g/mol. The molecule has 33 heavy (non-hydrogen) atoms. The predicted molar refractivity (Wildman–Crippen MR) is 123 cm³/mol. The Hall–Kier alpha value is -3.75. The van der Waals surface area contributed by atoms with E-state index in [-0.39, 0.29) is 11.8 Å². The smallest absolute Gasteiger partial charge is 0.341 e. The molecule has 1 fully saturated rings. The molecule has 3 aromatic rings. The quantitative estimate of drug-likeness (QED) is 0.531. The van der Waals surface area contributed by atoms with Gasteiger partial charge >= 0.3 is 5.97 Å². The number of imidazole rings is 1. The molecule has 1 saturated carbocycles. The van der Waals surface area contributed by atoms with E-state index in [0.29, 0.717) is 23.7 Å². The highest BCUT2D eigenvalue weighted by atomic mass is 16.5. The van der Waals surface area contributed by atoms with E-state index in [1.165, 1.54) is 14.2 Å². The lowest BCUT2D eigenvalue weighted by Gasteiger charge is -2.17. The molecule has 0 radical (unpaired) electrons.